The van der Waals surface area contributed by atoms with Crippen LogP contribution in [0.25, 0.3) is 0 Å². The number of amides is 1. The molecule has 1 aromatic carbocycles. The van der Waals surface area contributed by atoms with Crippen molar-refractivity contribution in [3.63, 3.8) is 0 Å². The minimum atomic E-state index is -0.223. The summed E-state index contributed by atoms with van der Waals surface area (Å²) in [5.41, 5.74) is 0.905. The molecule has 0 atom stereocenters. The van der Waals surface area contributed by atoms with E-state index in [2.05, 4.69) is 10.3 Å². The number of rotatable bonds is 5. The van der Waals surface area contributed by atoms with E-state index < -0.39 is 0 Å². The molecule has 0 radical (unpaired) electrons. The number of anilines is 1. The van der Waals surface area contributed by atoms with Crippen molar-refractivity contribution in [1.29, 1.82) is 0 Å². The topological polar surface area (TPSA) is 69.7 Å². The lowest BCUT2D eigenvalue weighted by molar-refractivity contribution is 0.103. The summed E-state index contributed by atoms with van der Waals surface area (Å²) >= 11 is 7.13. The van der Waals surface area contributed by atoms with Crippen LogP contribution in [0.4, 0.5) is 5.82 Å². The number of nitrogens with zero attached hydrogens (tertiary/aromatic N) is 1. The van der Waals surface area contributed by atoms with Crippen molar-refractivity contribution in [2.75, 3.05) is 12.1 Å². The molecule has 0 saturated heterocycles. The van der Waals surface area contributed by atoms with Gasteiger partial charge < -0.3 is 19.5 Å². The van der Waals surface area contributed by atoms with Crippen LogP contribution in [0.2, 0.25) is 5.02 Å². The van der Waals surface area contributed by atoms with Gasteiger partial charge in [0.2, 0.25) is 6.79 Å². The Labute approximate surface area is 158 Å². The van der Waals surface area contributed by atoms with E-state index in [1.807, 2.05) is 17.5 Å². The summed E-state index contributed by atoms with van der Waals surface area (Å²) in [6.45, 7) is 0.576. The summed E-state index contributed by atoms with van der Waals surface area (Å²) in [4.78, 5) is 16.9. The highest BCUT2D eigenvalue weighted by atomic mass is 35.5. The normalized spacial score (nSPS) is 12.0. The van der Waals surface area contributed by atoms with Crippen LogP contribution in [0.5, 0.6) is 17.2 Å². The predicted molar refractivity (Wildman–Crippen MR) is 98.4 cm³/mol. The summed E-state index contributed by atoms with van der Waals surface area (Å²) in [7, 11) is 0. The fourth-order valence-electron chi connectivity index (χ4n) is 2.33. The molecule has 2 aromatic heterocycles. The van der Waals surface area contributed by atoms with E-state index >= 15 is 0 Å². The fourth-order valence-corrected chi connectivity index (χ4v) is 3.24. The highest BCUT2D eigenvalue weighted by Gasteiger charge is 2.14. The maximum atomic E-state index is 12.3. The van der Waals surface area contributed by atoms with Gasteiger partial charge in [-0.3, -0.25) is 4.79 Å². The molecule has 26 heavy (non-hydrogen) atoms. The highest BCUT2D eigenvalue weighted by Crippen LogP contribution is 2.35. The van der Waals surface area contributed by atoms with Gasteiger partial charge in [-0.05, 0) is 35.7 Å². The van der Waals surface area contributed by atoms with Crippen LogP contribution in [0.1, 0.15) is 15.2 Å². The smallest absolute Gasteiger partial charge is 0.266 e. The van der Waals surface area contributed by atoms with Crippen LogP contribution in [-0.2, 0) is 6.61 Å². The molecule has 0 saturated carbocycles. The summed E-state index contributed by atoms with van der Waals surface area (Å²) in [6, 6.07) is 10.5. The molecule has 8 heteroatoms. The van der Waals surface area contributed by atoms with Gasteiger partial charge in [-0.2, -0.15) is 0 Å². The van der Waals surface area contributed by atoms with E-state index in [1.54, 1.807) is 24.3 Å². The van der Waals surface area contributed by atoms with Gasteiger partial charge in [0.05, 0.1) is 9.90 Å². The number of carbonyl (C=O) groups is 1. The number of nitrogens with one attached hydrogen (secondary N) is 1. The minimum Gasteiger partial charge on any atom is -0.489 e. The number of hydrogen-bond donors (Lipinski definition) is 1. The van der Waals surface area contributed by atoms with Crippen LogP contribution in [0.3, 0.4) is 0 Å². The number of thiophene rings is 1. The number of carbonyl (C=O) groups excluding carboxylic acids is 1. The first-order valence-corrected chi connectivity index (χ1v) is 8.96. The van der Waals surface area contributed by atoms with Crippen LogP contribution in [0.15, 0.2) is 48.0 Å². The molecule has 0 aliphatic carbocycles. The van der Waals surface area contributed by atoms with E-state index in [0.717, 1.165) is 5.56 Å². The lowest BCUT2D eigenvalue weighted by Gasteiger charge is -2.05. The van der Waals surface area contributed by atoms with E-state index in [-0.39, 0.29) is 12.7 Å². The average Bonchev–Trinajstić information content (AvgIpc) is 3.30. The van der Waals surface area contributed by atoms with Gasteiger partial charge >= 0.3 is 0 Å². The van der Waals surface area contributed by atoms with Crippen molar-refractivity contribution in [3.05, 3.63) is 63.4 Å². The Morgan fingerprint density at radius 2 is 2.12 bits per heavy atom. The third kappa shape index (κ3) is 3.74. The zero-order chi connectivity index (χ0) is 17.9. The molecule has 6 nitrogen and oxygen atoms in total. The van der Waals surface area contributed by atoms with Gasteiger partial charge in [0.25, 0.3) is 5.91 Å². The molecule has 0 fully saturated rings. The van der Waals surface area contributed by atoms with E-state index in [4.69, 9.17) is 25.8 Å². The zero-order valence-electron chi connectivity index (χ0n) is 13.4. The molecule has 132 valence electrons. The SMILES string of the molecule is O=C(Nc1ccc(Cl)cn1)c1cc(COc2ccc3c(c2)OCO3)cs1. The average molecular weight is 389 g/mol. The van der Waals surface area contributed by atoms with Crippen molar-refractivity contribution in [2.45, 2.75) is 6.61 Å². The Hall–Kier alpha value is -2.77. The van der Waals surface area contributed by atoms with E-state index in [0.29, 0.717) is 39.6 Å². The maximum Gasteiger partial charge on any atom is 0.266 e. The van der Waals surface area contributed by atoms with Crippen molar-refractivity contribution in [2.24, 2.45) is 0 Å². The summed E-state index contributed by atoms with van der Waals surface area (Å²) in [5, 5.41) is 5.13. The molecule has 1 amide bonds. The van der Waals surface area contributed by atoms with Crippen LogP contribution in [-0.4, -0.2) is 17.7 Å². The Kier molecular flexibility index (Phi) is 4.64. The van der Waals surface area contributed by atoms with Crippen LogP contribution < -0.4 is 19.5 Å². The molecule has 1 aliphatic rings. The predicted octanol–water partition coefficient (Wildman–Crippen LogP) is 4.36. The molecule has 0 spiro atoms. The van der Waals surface area contributed by atoms with Crippen molar-refractivity contribution in [3.8, 4) is 17.2 Å². The van der Waals surface area contributed by atoms with Gasteiger partial charge in [0.1, 0.15) is 18.2 Å². The first kappa shape index (κ1) is 16.7. The van der Waals surface area contributed by atoms with Crippen molar-refractivity contribution >= 4 is 34.7 Å². The standard InChI is InChI=1S/C18H13ClN2O4S/c19-12-1-4-17(20-7-12)21-18(22)16-5-11(9-26-16)8-23-13-2-3-14-15(6-13)25-10-24-14/h1-7,9H,8,10H2,(H,20,21,22). The monoisotopic (exact) mass is 388 g/mol. The van der Waals surface area contributed by atoms with Gasteiger partial charge in [-0.15, -0.1) is 11.3 Å². The second kappa shape index (κ2) is 7.23. The fraction of sp³-hybridized carbons (Fsp3) is 0.111. The Balaban J connectivity index is 1.36. The third-order valence-electron chi connectivity index (χ3n) is 3.60. The van der Waals surface area contributed by atoms with Gasteiger partial charge in [0.15, 0.2) is 11.5 Å². The molecule has 0 unspecified atom stereocenters. The molecular weight excluding hydrogens is 376 g/mol. The summed E-state index contributed by atoms with van der Waals surface area (Å²) < 4.78 is 16.3. The largest absolute Gasteiger partial charge is 0.489 e. The number of hydrogen-bond acceptors (Lipinski definition) is 6. The number of ether oxygens (including phenoxy) is 3. The lowest BCUT2D eigenvalue weighted by Crippen LogP contribution is -2.11. The van der Waals surface area contributed by atoms with E-state index in [9.17, 15) is 4.79 Å². The maximum absolute atomic E-state index is 12.3. The number of pyridine rings is 1. The quantitative estimate of drug-likeness (QED) is 0.703. The van der Waals surface area contributed by atoms with E-state index in [1.165, 1.54) is 17.5 Å². The van der Waals surface area contributed by atoms with Gasteiger partial charge in [0, 0.05) is 17.8 Å². The second-order valence-corrected chi connectivity index (χ2v) is 6.79. The van der Waals surface area contributed by atoms with Gasteiger partial charge in [-0.1, -0.05) is 11.6 Å². The number of aromatic nitrogens is 1. The zero-order valence-corrected chi connectivity index (χ0v) is 15.0. The number of halogens is 1. The van der Waals surface area contributed by atoms with Gasteiger partial charge in [-0.25, -0.2) is 4.98 Å². The Morgan fingerprint density at radius 3 is 2.96 bits per heavy atom. The Bertz CT molecular complexity index is 943. The molecule has 3 heterocycles. The summed E-state index contributed by atoms with van der Waals surface area (Å²) in [5.74, 6) is 2.29. The lowest BCUT2D eigenvalue weighted by atomic mass is 10.3. The second-order valence-electron chi connectivity index (χ2n) is 5.44. The number of benzene rings is 1. The van der Waals surface area contributed by atoms with Crippen molar-refractivity contribution in [1.82, 2.24) is 4.98 Å². The highest BCUT2D eigenvalue weighted by molar-refractivity contribution is 7.12. The minimum absolute atomic E-state index is 0.223. The molecule has 1 N–H and O–H groups in total. The number of fused-ring (bicyclic) bond motifs is 1. The first-order chi connectivity index (χ1) is 12.7. The molecule has 0 bridgehead atoms. The molecule has 1 aliphatic heterocycles. The molecule has 3 aromatic rings. The Morgan fingerprint density at radius 1 is 1.23 bits per heavy atom. The molecule has 4 rings (SSSR count). The summed E-state index contributed by atoms with van der Waals surface area (Å²) in [6.07, 6.45) is 1.48. The third-order valence-corrected chi connectivity index (χ3v) is 4.80. The molecular formula is C18H13ClN2O4S. The van der Waals surface area contributed by atoms with Crippen LogP contribution >= 0.6 is 22.9 Å². The van der Waals surface area contributed by atoms with Crippen molar-refractivity contribution < 1.29 is 19.0 Å². The van der Waals surface area contributed by atoms with Crippen LogP contribution in [0, 0.1) is 0 Å². The first-order valence-electron chi connectivity index (χ1n) is 7.70.